The Balaban J connectivity index is 1.84. The van der Waals surface area contributed by atoms with Gasteiger partial charge in [-0.05, 0) is 38.1 Å². The molecule has 5 nitrogen and oxygen atoms in total. The standard InChI is InChI=1S/C18H23N3O2S/c1-12-16(14-6-4-11-24-14)17(18(19)23)13(2)21(12)10-5-9-20-8-3-7-15(20)22/h4,6,11H,3,5,7-10H2,1-2H3,(H2,19,23). The van der Waals surface area contributed by atoms with Crippen molar-refractivity contribution >= 4 is 23.2 Å². The van der Waals surface area contributed by atoms with Crippen LogP contribution in [0.25, 0.3) is 10.4 Å². The second-order valence-electron chi connectivity index (χ2n) is 6.25. The Hall–Kier alpha value is -2.08. The molecule has 0 spiro atoms. The van der Waals surface area contributed by atoms with Crippen molar-refractivity contribution in [2.75, 3.05) is 13.1 Å². The summed E-state index contributed by atoms with van der Waals surface area (Å²) in [6.45, 7) is 6.42. The van der Waals surface area contributed by atoms with Crippen molar-refractivity contribution in [3.8, 4) is 10.4 Å². The third-order valence-electron chi connectivity index (χ3n) is 4.78. The number of aromatic nitrogens is 1. The summed E-state index contributed by atoms with van der Waals surface area (Å²) in [6, 6.07) is 4.00. The molecule has 0 atom stereocenters. The fraction of sp³-hybridized carbons (Fsp3) is 0.444. The number of nitrogens with zero attached hydrogens (tertiary/aromatic N) is 2. The molecular weight excluding hydrogens is 322 g/mol. The smallest absolute Gasteiger partial charge is 0.251 e. The summed E-state index contributed by atoms with van der Waals surface area (Å²) in [5, 5.41) is 2.01. The molecular formula is C18H23N3O2S. The molecule has 1 aliphatic heterocycles. The highest BCUT2D eigenvalue weighted by Gasteiger charge is 2.24. The lowest BCUT2D eigenvalue weighted by Gasteiger charge is -2.16. The van der Waals surface area contributed by atoms with Gasteiger partial charge in [0.15, 0.2) is 0 Å². The predicted octanol–water partition coefficient (Wildman–Crippen LogP) is 2.94. The summed E-state index contributed by atoms with van der Waals surface area (Å²) >= 11 is 1.61. The molecule has 2 aromatic heterocycles. The van der Waals surface area contributed by atoms with Gasteiger partial charge in [-0.1, -0.05) is 6.07 Å². The Labute approximate surface area is 146 Å². The van der Waals surface area contributed by atoms with Crippen molar-refractivity contribution in [1.82, 2.24) is 9.47 Å². The molecule has 1 aliphatic rings. The van der Waals surface area contributed by atoms with Crippen LogP contribution < -0.4 is 5.73 Å². The lowest BCUT2D eigenvalue weighted by molar-refractivity contribution is -0.127. The van der Waals surface area contributed by atoms with Crippen molar-refractivity contribution in [2.24, 2.45) is 5.73 Å². The zero-order valence-electron chi connectivity index (χ0n) is 14.2. The summed E-state index contributed by atoms with van der Waals surface area (Å²) in [6.07, 6.45) is 2.52. The average Bonchev–Trinajstić information content (AvgIpc) is 3.23. The molecule has 6 heteroatoms. The number of primary amides is 1. The van der Waals surface area contributed by atoms with Crippen molar-refractivity contribution in [3.63, 3.8) is 0 Å². The summed E-state index contributed by atoms with van der Waals surface area (Å²) in [5.74, 6) is -0.125. The van der Waals surface area contributed by atoms with E-state index in [-0.39, 0.29) is 11.8 Å². The number of carbonyl (C=O) groups is 2. The zero-order valence-corrected chi connectivity index (χ0v) is 15.0. The molecule has 3 heterocycles. The van der Waals surface area contributed by atoms with Gasteiger partial charge in [0.2, 0.25) is 5.91 Å². The van der Waals surface area contributed by atoms with Gasteiger partial charge in [0.05, 0.1) is 5.56 Å². The summed E-state index contributed by atoms with van der Waals surface area (Å²) in [4.78, 5) is 26.7. The van der Waals surface area contributed by atoms with E-state index >= 15 is 0 Å². The Morgan fingerprint density at radius 3 is 2.67 bits per heavy atom. The minimum Gasteiger partial charge on any atom is -0.366 e. The fourth-order valence-corrected chi connectivity index (χ4v) is 4.43. The van der Waals surface area contributed by atoms with E-state index in [1.807, 2.05) is 36.3 Å². The average molecular weight is 345 g/mol. The van der Waals surface area contributed by atoms with Gasteiger partial charge < -0.3 is 15.2 Å². The van der Waals surface area contributed by atoms with Crippen LogP contribution in [-0.4, -0.2) is 34.4 Å². The number of hydrogen-bond donors (Lipinski definition) is 1. The van der Waals surface area contributed by atoms with E-state index in [2.05, 4.69) is 4.57 Å². The number of carbonyl (C=O) groups excluding carboxylic acids is 2. The molecule has 0 bridgehead atoms. The summed E-state index contributed by atoms with van der Waals surface area (Å²) < 4.78 is 2.16. The molecule has 0 aliphatic carbocycles. The quantitative estimate of drug-likeness (QED) is 0.874. The maximum atomic E-state index is 12.0. The summed E-state index contributed by atoms with van der Waals surface area (Å²) in [7, 11) is 0. The van der Waals surface area contributed by atoms with Crippen LogP contribution in [-0.2, 0) is 11.3 Å². The van der Waals surface area contributed by atoms with Gasteiger partial charge in [0.25, 0.3) is 5.91 Å². The maximum Gasteiger partial charge on any atom is 0.251 e. The van der Waals surface area contributed by atoms with Crippen molar-refractivity contribution in [3.05, 3.63) is 34.5 Å². The highest BCUT2D eigenvalue weighted by atomic mass is 32.1. The van der Waals surface area contributed by atoms with Gasteiger partial charge in [0, 0.05) is 47.9 Å². The maximum absolute atomic E-state index is 12.0. The second kappa shape index (κ2) is 6.81. The second-order valence-corrected chi connectivity index (χ2v) is 7.20. The molecule has 1 fully saturated rings. The van der Waals surface area contributed by atoms with Crippen LogP contribution in [0.5, 0.6) is 0 Å². The zero-order chi connectivity index (χ0) is 17.3. The first-order chi connectivity index (χ1) is 11.5. The first kappa shape index (κ1) is 16.8. The predicted molar refractivity (Wildman–Crippen MR) is 96.2 cm³/mol. The third-order valence-corrected chi connectivity index (χ3v) is 5.67. The highest BCUT2D eigenvalue weighted by Crippen LogP contribution is 2.35. The topological polar surface area (TPSA) is 68.3 Å². The van der Waals surface area contributed by atoms with Gasteiger partial charge in [-0.15, -0.1) is 11.3 Å². The fourth-order valence-electron chi connectivity index (χ4n) is 3.60. The molecule has 0 radical (unpaired) electrons. The van der Waals surface area contributed by atoms with Crippen molar-refractivity contribution < 1.29 is 9.59 Å². The summed E-state index contributed by atoms with van der Waals surface area (Å²) in [5.41, 5.74) is 9.20. The van der Waals surface area contributed by atoms with Crippen molar-refractivity contribution in [2.45, 2.75) is 39.7 Å². The molecule has 2 aromatic rings. The van der Waals surface area contributed by atoms with Gasteiger partial charge in [0.1, 0.15) is 0 Å². The van der Waals surface area contributed by atoms with Crippen LogP contribution in [0.4, 0.5) is 0 Å². The lowest BCUT2D eigenvalue weighted by atomic mass is 10.1. The number of amides is 2. The molecule has 128 valence electrons. The largest absolute Gasteiger partial charge is 0.366 e. The monoisotopic (exact) mass is 345 g/mol. The van der Waals surface area contributed by atoms with Crippen LogP contribution in [0.15, 0.2) is 17.5 Å². The van der Waals surface area contributed by atoms with E-state index in [0.29, 0.717) is 12.0 Å². The van der Waals surface area contributed by atoms with E-state index in [1.165, 1.54) is 0 Å². The van der Waals surface area contributed by atoms with E-state index < -0.39 is 0 Å². The van der Waals surface area contributed by atoms with Gasteiger partial charge in [-0.3, -0.25) is 9.59 Å². The van der Waals surface area contributed by atoms with Crippen LogP contribution in [0.2, 0.25) is 0 Å². The van der Waals surface area contributed by atoms with E-state index in [4.69, 9.17) is 5.73 Å². The number of hydrogen-bond acceptors (Lipinski definition) is 3. The van der Waals surface area contributed by atoms with Crippen LogP contribution in [0, 0.1) is 13.8 Å². The van der Waals surface area contributed by atoms with Gasteiger partial charge in [-0.25, -0.2) is 0 Å². The Morgan fingerprint density at radius 1 is 1.29 bits per heavy atom. The lowest BCUT2D eigenvalue weighted by Crippen LogP contribution is -2.26. The van der Waals surface area contributed by atoms with Gasteiger partial charge in [-0.2, -0.15) is 0 Å². The Bertz CT molecular complexity index is 762. The minimum absolute atomic E-state index is 0.257. The number of nitrogens with two attached hydrogens (primary N) is 1. The normalized spacial score (nSPS) is 14.6. The van der Waals surface area contributed by atoms with Gasteiger partial charge >= 0.3 is 0 Å². The Morgan fingerprint density at radius 2 is 2.08 bits per heavy atom. The van der Waals surface area contributed by atoms with Crippen LogP contribution in [0.3, 0.4) is 0 Å². The van der Waals surface area contributed by atoms with E-state index in [1.54, 1.807) is 11.3 Å². The SMILES string of the molecule is Cc1c(C(N)=O)c(-c2cccs2)c(C)n1CCCN1CCCC1=O. The number of thiophene rings is 1. The third kappa shape index (κ3) is 2.98. The first-order valence-electron chi connectivity index (χ1n) is 8.32. The van der Waals surface area contributed by atoms with E-state index in [0.717, 1.165) is 54.3 Å². The number of rotatable bonds is 6. The molecule has 2 amide bonds. The molecule has 0 unspecified atom stereocenters. The highest BCUT2D eigenvalue weighted by molar-refractivity contribution is 7.13. The minimum atomic E-state index is -0.382. The number of likely N-dealkylation sites (tertiary alicyclic amines) is 1. The molecule has 0 saturated carbocycles. The van der Waals surface area contributed by atoms with Crippen LogP contribution >= 0.6 is 11.3 Å². The molecule has 0 aromatic carbocycles. The van der Waals surface area contributed by atoms with Crippen LogP contribution in [0.1, 0.15) is 41.0 Å². The molecule has 1 saturated heterocycles. The molecule has 2 N–H and O–H groups in total. The first-order valence-corrected chi connectivity index (χ1v) is 9.19. The molecule has 24 heavy (non-hydrogen) atoms. The molecule has 3 rings (SSSR count). The Kier molecular flexibility index (Phi) is 4.76. The van der Waals surface area contributed by atoms with E-state index in [9.17, 15) is 9.59 Å². The van der Waals surface area contributed by atoms with Crippen molar-refractivity contribution in [1.29, 1.82) is 0 Å².